The second-order valence-electron chi connectivity index (χ2n) is 6.83. The lowest BCUT2D eigenvalue weighted by atomic mass is 9.98. The molecule has 0 bridgehead atoms. The van der Waals surface area contributed by atoms with E-state index in [-0.39, 0.29) is 15.7 Å². The summed E-state index contributed by atoms with van der Waals surface area (Å²) < 4.78 is 5.06. The number of hydrogen-bond donors (Lipinski definition) is 2. The lowest BCUT2D eigenvalue weighted by molar-refractivity contribution is -0.155. The van der Waals surface area contributed by atoms with E-state index in [2.05, 4.69) is 10.6 Å². The maximum absolute atomic E-state index is 12.5. The number of nitrogens with one attached hydrogen (secondary N) is 2. The maximum Gasteiger partial charge on any atom is 0.327 e. The van der Waals surface area contributed by atoms with E-state index in [9.17, 15) is 19.2 Å². The zero-order chi connectivity index (χ0) is 20.5. The molecule has 1 atom stereocenters. The molecule has 1 heterocycles. The molecule has 4 amide bonds. The minimum atomic E-state index is -1.16. The molecule has 0 aromatic heterocycles. The SMILES string of the molecule is C[C@H](OC(=O)CN1C(=O)NC2(CCCC2)C1=O)C(=O)Nc1cccc(Cl)c1Cl. The van der Waals surface area contributed by atoms with Crippen LogP contribution in [-0.2, 0) is 19.1 Å². The number of amides is 4. The van der Waals surface area contributed by atoms with Crippen molar-refractivity contribution in [1.82, 2.24) is 10.2 Å². The van der Waals surface area contributed by atoms with Crippen LogP contribution in [0.4, 0.5) is 10.5 Å². The smallest absolute Gasteiger partial charge is 0.327 e. The molecule has 28 heavy (non-hydrogen) atoms. The lowest BCUT2D eigenvalue weighted by Gasteiger charge is -2.20. The van der Waals surface area contributed by atoms with Crippen molar-refractivity contribution in [3.05, 3.63) is 28.2 Å². The molecule has 2 aliphatic rings. The quantitative estimate of drug-likeness (QED) is 0.555. The molecule has 1 saturated heterocycles. The van der Waals surface area contributed by atoms with Gasteiger partial charge < -0.3 is 15.4 Å². The molecular weight excluding hydrogens is 409 g/mol. The minimum absolute atomic E-state index is 0.164. The van der Waals surface area contributed by atoms with E-state index < -0.39 is 42.0 Å². The summed E-state index contributed by atoms with van der Waals surface area (Å²) >= 11 is 11.9. The first-order chi connectivity index (χ1) is 13.2. The first-order valence-corrected chi connectivity index (χ1v) is 9.57. The van der Waals surface area contributed by atoms with Gasteiger partial charge in [0.1, 0.15) is 12.1 Å². The third kappa shape index (κ3) is 3.93. The van der Waals surface area contributed by atoms with Crippen molar-refractivity contribution in [2.45, 2.75) is 44.2 Å². The Morgan fingerprint density at radius 3 is 2.64 bits per heavy atom. The summed E-state index contributed by atoms with van der Waals surface area (Å²) in [6.07, 6.45) is 1.63. The Balaban J connectivity index is 1.57. The number of anilines is 1. The van der Waals surface area contributed by atoms with Crippen molar-refractivity contribution >= 4 is 52.7 Å². The Hall–Kier alpha value is -2.32. The van der Waals surface area contributed by atoms with Crippen LogP contribution in [0.3, 0.4) is 0 Å². The average molecular weight is 428 g/mol. The number of benzene rings is 1. The van der Waals surface area contributed by atoms with Crippen LogP contribution < -0.4 is 10.6 Å². The highest BCUT2D eigenvalue weighted by Crippen LogP contribution is 2.35. The standard InChI is InChI=1S/C18H19Cl2N3O5/c1-10(15(25)21-12-6-4-5-11(19)14(12)20)28-13(24)9-23-16(26)18(22-17(23)27)7-2-3-8-18/h4-6,10H,2-3,7-9H2,1H3,(H,21,25)(H,22,27)/t10-/m0/s1. The molecule has 1 aromatic rings. The summed E-state index contributed by atoms with van der Waals surface area (Å²) in [7, 11) is 0. The summed E-state index contributed by atoms with van der Waals surface area (Å²) in [5.74, 6) is -1.91. The summed E-state index contributed by atoms with van der Waals surface area (Å²) in [6, 6.07) is 4.11. The van der Waals surface area contributed by atoms with Crippen LogP contribution in [0, 0.1) is 0 Å². The monoisotopic (exact) mass is 427 g/mol. The number of rotatable bonds is 5. The van der Waals surface area contributed by atoms with E-state index >= 15 is 0 Å². The molecule has 0 radical (unpaired) electrons. The molecular formula is C18H19Cl2N3O5. The van der Waals surface area contributed by atoms with Crippen molar-refractivity contribution in [1.29, 1.82) is 0 Å². The van der Waals surface area contributed by atoms with E-state index in [0.29, 0.717) is 12.8 Å². The summed E-state index contributed by atoms with van der Waals surface area (Å²) in [5.41, 5.74) is -0.622. The summed E-state index contributed by atoms with van der Waals surface area (Å²) in [5, 5.41) is 5.62. The van der Waals surface area contributed by atoms with Gasteiger partial charge in [-0.05, 0) is 31.9 Å². The van der Waals surface area contributed by atoms with Crippen molar-refractivity contribution in [3.8, 4) is 0 Å². The van der Waals surface area contributed by atoms with E-state index in [4.69, 9.17) is 27.9 Å². The highest BCUT2D eigenvalue weighted by Gasteiger charge is 2.52. The molecule has 1 aliphatic heterocycles. The van der Waals surface area contributed by atoms with Gasteiger partial charge in [0.2, 0.25) is 0 Å². The molecule has 1 aromatic carbocycles. The number of nitrogens with zero attached hydrogens (tertiary/aromatic N) is 1. The molecule has 0 unspecified atom stereocenters. The van der Waals surface area contributed by atoms with Gasteiger partial charge in [-0.25, -0.2) is 4.79 Å². The van der Waals surface area contributed by atoms with Gasteiger partial charge in [-0.15, -0.1) is 0 Å². The van der Waals surface area contributed by atoms with Crippen molar-refractivity contribution in [2.24, 2.45) is 0 Å². The Kier molecular flexibility index (Phi) is 5.81. The summed E-state index contributed by atoms with van der Waals surface area (Å²) in [6.45, 7) is 0.817. The van der Waals surface area contributed by atoms with Gasteiger partial charge in [0.25, 0.3) is 11.8 Å². The number of esters is 1. The van der Waals surface area contributed by atoms with Crippen LogP contribution in [0.5, 0.6) is 0 Å². The zero-order valence-electron chi connectivity index (χ0n) is 15.1. The molecule has 3 rings (SSSR count). The Morgan fingerprint density at radius 2 is 1.96 bits per heavy atom. The van der Waals surface area contributed by atoms with Crippen LogP contribution in [-0.4, -0.2) is 46.9 Å². The Labute approximate surface area is 171 Å². The second-order valence-corrected chi connectivity index (χ2v) is 7.62. The number of halogens is 2. The molecule has 1 saturated carbocycles. The number of carbonyl (C=O) groups is 4. The van der Waals surface area contributed by atoms with Crippen LogP contribution in [0.15, 0.2) is 18.2 Å². The van der Waals surface area contributed by atoms with Crippen LogP contribution >= 0.6 is 23.2 Å². The van der Waals surface area contributed by atoms with Crippen LogP contribution in [0.2, 0.25) is 10.0 Å². The summed E-state index contributed by atoms with van der Waals surface area (Å²) in [4.78, 5) is 49.9. The zero-order valence-corrected chi connectivity index (χ0v) is 16.6. The number of urea groups is 1. The molecule has 1 aliphatic carbocycles. The van der Waals surface area contributed by atoms with Gasteiger partial charge in [-0.2, -0.15) is 0 Å². The first-order valence-electron chi connectivity index (χ1n) is 8.82. The Bertz CT molecular complexity index is 839. The normalized spacial score (nSPS) is 18.9. The predicted molar refractivity (Wildman–Crippen MR) is 102 cm³/mol. The van der Waals surface area contributed by atoms with Gasteiger partial charge in [0.15, 0.2) is 6.10 Å². The fourth-order valence-corrected chi connectivity index (χ4v) is 3.74. The molecule has 150 valence electrons. The van der Waals surface area contributed by atoms with Gasteiger partial charge in [-0.1, -0.05) is 42.1 Å². The molecule has 2 N–H and O–H groups in total. The molecule has 2 fully saturated rings. The fourth-order valence-electron chi connectivity index (χ4n) is 3.39. The minimum Gasteiger partial charge on any atom is -0.451 e. The Morgan fingerprint density at radius 1 is 1.29 bits per heavy atom. The highest BCUT2D eigenvalue weighted by molar-refractivity contribution is 6.44. The highest BCUT2D eigenvalue weighted by atomic mass is 35.5. The predicted octanol–water partition coefficient (Wildman–Crippen LogP) is 2.73. The van der Waals surface area contributed by atoms with Gasteiger partial charge in [-0.3, -0.25) is 19.3 Å². The maximum atomic E-state index is 12.5. The van der Waals surface area contributed by atoms with E-state index in [1.807, 2.05) is 0 Å². The number of carbonyl (C=O) groups excluding carboxylic acids is 4. The number of ether oxygens (including phenoxy) is 1. The van der Waals surface area contributed by atoms with Crippen molar-refractivity contribution < 1.29 is 23.9 Å². The largest absolute Gasteiger partial charge is 0.451 e. The third-order valence-electron chi connectivity index (χ3n) is 4.88. The topological polar surface area (TPSA) is 105 Å². The van der Waals surface area contributed by atoms with Gasteiger partial charge in [0, 0.05) is 0 Å². The van der Waals surface area contributed by atoms with Gasteiger partial charge >= 0.3 is 12.0 Å². The molecule has 10 heteroatoms. The van der Waals surface area contributed by atoms with Crippen molar-refractivity contribution in [2.75, 3.05) is 11.9 Å². The van der Waals surface area contributed by atoms with E-state index in [1.54, 1.807) is 18.2 Å². The molecule has 8 nitrogen and oxygen atoms in total. The lowest BCUT2D eigenvalue weighted by Crippen LogP contribution is -2.44. The number of hydrogen-bond acceptors (Lipinski definition) is 5. The van der Waals surface area contributed by atoms with Crippen LogP contribution in [0.25, 0.3) is 0 Å². The fraction of sp³-hybridized carbons (Fsp3) is 0.444. The van der Waals surface area contributed by atoms with Crippen molar-refractivity contribution in [3.63, 3.8) is 0 Å². The van der Waals surface area contributed by atoms with E-state index in [1.165, 1.54) is 6.92 Å². The number of imide groups is 1. The van der Waals surface area contributed by atoms with Crippen LogP contribution in [0.1, 0.15) is 32.6 Å². The van der Waals surface area contributed by atoms with Gasteiger partial charge in [0.05, 0.1) is 15.7 Å². The first kappa shape index (κ1) is 20.4. The second kappa shape index (κ2) is 7.97. The molecule has 1 spiro atoms. The van der Waals surface area contributed by atoms with E-state index in [0.717, 1.165) is 17.7 Å². The third-order valence-corrected chi connectivity index (χ3v) is 5.70. The average Bonchev–Trinajstić information content (AvgIpc) is 3.20.